The first-order valence-electron chi connectivity index (χ1n) is 8.40. The van der Waals surface area contributed by atoms with Crippen molar-refractivity contribution in [2.45, 2.75) is 13.3 Å². The van der Waals surface area contributed by atoms with E-state index in [1.807, 2.05) is 54.3 Å². The predicted octanol–water partition coefficient (Wildman–Crippen LogP) is 3.35. The summed E-state index contributed by atoms with van der Waals surface area (Å²) in [5.41, 5.74) is 3.73. The van der Waals surface area contributed by atoms with Crippen LogP contribution in [0.15, 0.2) is 42.5 Å². The summed E-state index contributed by atoms with van der Waals surface area (Å²) in [6.45, 7) is 4.94. The zero-order valence-electron chi connectivity index (χ0n) is 14.2. The molecule has 1 amide bonds. The van der Waals surface area contributed by atoms with Crippen molar-refractivity contribution in [2.75, 3.05) is 31.1 Å². The fourth-order valence-corrected chi connectivity index (χ4v) is 3.42. The van der Waals surface area contributed by atoms with Crippen LogP contribution in [0.3, 0.4) is 0 Å². The van der Waals surface area contributed by atoms with Crippen molar-refractivity contribution >= 4 is 29.5 Å². The molecule has 2 aromatic rings. The number of benzene rings is 2. The first kappa shape index (κ1) is 17.5. The standard InChI is InChI=1S/C20H21ClN2O2/c1-15-3-2-4-19(21)18(15)13-20(25)23-11-9-22(10-12-23)17-7-5-16(14-24)6-8-17/h2-8,14H,9-13H2,1H3. The van der Waals surface area contributed by atoms with Gasteiger partial charge in [0.2, 0.25) is 5.91 Å². The smallest absolute Gasteiger partial charge is 0.227 e. The number of hydrogen-bond acceptors (Lipinski definition) is 3. The molecule has 0 bridgehead atoms. The molecule has 25 heavy (non-hydrogen) atoms. The van der Waals surface area contributed by atoms with E-state index in [0.29, 0.717) is 30.1 Å². The molecule has 0 aromatic heterocycles. The summed E-state index contributed by atoms with van der Waals surface area (Å²) < 4.78 is 0. The van der Waals surface area contributed by atoms with Gasteiger partial charge in [0.1, 0.15) is 6.29 Å². The molecule has 1 aliphatic heterocycles. The van der Waals surface area contributed by atoms with Crippen LogP contribution >= 0.6 is 11.6 Å². The summed E-state index contributed by atoms with van der Waals surface area (Å²) >= 11 is 6.24. The molecule has 2 aromatic carbocycles. The molecule has 1 aliphatic rings. The van der Waals surface area contributed by atoms with Crippen LogP contribution < -0.4 is 4.90 Å². The SMILES string of the molecule is Cc1cccc(Cl)c1CC(=O)N1CCN(c2ccc(C=O)cc2)CC1. The fourth-order valence-electron chi connectivity index (χ4n) is 3.13. The molecule has 1 fully saturated rings. The Morgan fingerprint density at radius 2 is 1.76 bits per heavy atom. The fraction of sp³-hybridized carbons (Fsp3) is 0.300. The second-order valence-corrected chi connectivity index (χ2v) is 6.70. The molecule has 0 aliphatic carbocycles. The van der Waals surface area contributed by atoms with Gasteiger partial charge in [-0.25, -0.2) is 0 Å². The Labute approximate surface area is 153 Å². The van der Waals surface area contributed by atoms with Gasteiger partial charge in [0.25, 0.3) is 0 Å². The van der Waals surface area contributed by atoms with Crippen LogP contribution in [0.2, 0.25) is 5.02 Å². The van der Waals surface area contributed by atoms with Gasteiger partial charge in [-0.05, 0) is 48.4 Å². The largest absolute Gasteiger partial charge is 0.368 e. The Kier molecular flexibility index (Phi) is 5.39. The minimum absolute atomic E-state index is 0.118. The van der Waals surface area contributed by atoms with E-state index in [4.69, 9.17) is 11.6 Å². The summed E-state index contributed by atoms with van der Waals surface area (Å²) in [5.74, 6) is 0.118. The van der Waals surface area contributed by atoms with Crippen molar-refractivity contribution in [1.29, 1.82) is 0 Å². The van der Waals surface area contributed by atoms with Gasteiger partial charge < -0.3 is 9.80 Å². The van der Waals surface area contributed by atoms with Crippen LogP contribution in [0.5, 0.6) is 0 Å². The first-order valence-corrected chi connectivity index (χ1v) is 8.78. The van der Waals surface area contributed by atoms with Gasteiger partial charge in [0.05, 0.1) is 6.42 Å². The lowest BCUT2D eigenvalue weighted by atomic mass is 10.0. The molecular formula is C20H21ClN2O2. The monoisotopic (exact) mass is 356 g/mol. The number of aldehydes is 1. The number of anilines is 1. The molecular weight excluding hydrogens is 336 g/mol. The molecule has 1 heterocycles. The summed E-state index contributed by atoms with van der Waals surface area (Å²) in [7, 11) is 0. The van der Waals surface area contributed by atoms with Gasteiger partial charge in [0.15, 0.2) is 0 Å². The molecule has 5 heteroatoms. The third-order valence-corrected chi connectivity index (χ3v) is 5.06. The molecule has 0 saturated carbocycles. The Bertz CT molecular complexity index is 746. The topological polar surface area (TPSA) is 40.6 Å². The van der Waals surface area contributed by atoms with E-state index < -0.39 is 0 Å². The average Bonchev–Trinajstić information content (AvgIpc) is 2.65. The number of aryl methyl sites for hydroxylation is 1. The predicted molar refractivity (Wildman–Crippen MR) is 101 cm³/mol. The van der Waals surface area contributed by atoms with Crippen LogP contribution in [0.25, 0.3) is 0 Å². The van der Waals surface area contributed by atoms with Crippen molar-refractivity contribution in [3.05, 3.63) is 64.2 Å². The van der Waals surface area contributed by atoms with Crippen molar-refractivity contribution in [3.63, 3.8) is 0 Å². The minimum Gasteiger partial charge on any atom is -0.368 e. The van der Waals surface area contributed by atoms with E-state index in [0.717, 1.165) is 36.2 Å². The molecule has 0 N–H and O–H groups in total. The molecule has 0 unspecified atom stereocenters. The highest BCUT2D eigenvalue weighted by atomic mass is 35.5. The van der Waals surface area contributed by atoms with Crippen molar-refractivity contribution in [2.24, 2.45) is 0 Å². The van der Waals surface area contributed by atoms with Gasteiger partial charge in [-0.1, -0.05) is 23.7 Å². The molecule has 4 nitrogen and oxygen atoms in total. The second kappa shape index (κ2) is 7.70. The molecule has 0 spiro atoms. The average molecular weight is 357 g/mol. The third-order valence-electron chi connectivity index (χ3n) is 4.71. The molecule has 130 valence electrons. The summed E-state index contributed by atoms with van der Waals surface area (Å²) in [4.78, 5) is 27.5. The van der Waals surface area contributed by atoms with Gasteiger partial charge in [-0.2, -0.15) is 0 Å². The highest BCUT2D eigenvalue weighted by Crippen LogP contribution is 2.22. The van der Waals surface area contributed by atoms with Crippen LogP contribution in [0.4, 0.5) is 5.69 Å². The lowest BCUT2D eigenvalue weighted by Gasteiger charge is -2.36. The number of piperazine rings is 1. The number of amides is 1. The normalized spacial score (nSPS) is 14.5. The zero-order chi connectivity index (χ0) is 17.8. The van der Waals surface area contributed by atoms with Crippen LogP contribution in [-0.2, 0) is 11.2 Å². The number of nitrogens with zero attached hydrogens (tertiary/aromatic N) is 2. The molecule has 1 saturated heterocycles. The number of rotatable bonds is 4. The van der Waals surface area contributed by atoms with Crippen LogP contribution in [0, 0.1) is 6.92 Å². The van der Waals surface area contributed by atoms with Crippen molar-refractivity contribution < 1.29 is 9.59 Å². The van der Waals surface area contributed by atoms with E-state index in [9.17, 15) is 9.59 Å². The quantitative estimate of drug-likeness (QED) is 0.789. The zero-order valence-corrected chi connectivity index (χ0v) is 15.0. The number of carbonyl (C=O) groups is 2. The summed E-state index contributed by atoms with van der Waals surface area (Å²) in [6.07, 6.45) is 1.19. The number of hydrogen-bond donors (Lipinski definition) is 0. The van der Waals surface area contributed by atoms with Gasteiger partial charge in [0, 0.05) is 42.5 Å². The summed E-state index contributed by atoms with van der Waals surface area (Å²) in [5, 5.41) is 0.655. The van der Waals surface area contributed by atoms with Gasteiger partial charge >= 0.3 is 0 Å². The van der Waals surface area contributed by atoms with Crippen LogP contribution in [-0.4, -0.2) is 43.3 Å². The maximum atomic E-state index is 12.6. The molecule has 0 radical (unpaired) electrons. The van der Waals surface area contributed by atoms with E-state index in [1.165, 1.54) is 0 Å². The van der Waals surface area contributed by atoms with Gasteiger partial charge in [-0.3, -0.25) is 9.59 Å². The maximum Gasteiger partial charge on any atom is 0.227 e. The Balaban J connectivity index is 1.59. The second-order valence-electron chi connectivity index (χ2n) is 6.29. The Hall–Kier alpha value is -2.33. The summed E-state index contributed by atoms with van der Waals surface area (Å²) in [6, 6.07) is 13.3. The van der Waals surface area contributed by atoms with E-state index >= 15 is 0 Å². The van der Waals surface area contributed by atoms with Crippen LogP contribution in [0.1, 0.15) is 21.5 Å². The Morgan fingerprint density at radius 1 is 1.08 bits per heavy atom. The van der Waals surface area contributed by atoms with Crippen molar-refractivity contribution in [1.82, 2.24) is 4.90 Å². The maximum absolute atomic E-state index is 12.6. The third kappa shape index (κ3) is 4.02. The van der Waals surface area contributed by atoms with Gasteiger partial charge in [-0.15, -0.1) is 0 Å². The first-order chi connectivity index (χ1) is 12.1. The molecule has 0 atom stereocenters. The van der Waals surface area contributed by atoms with E-state index in [-0.39, 0.29) is 5.91 Å². The van der Waals surface area contributed by atoms with E-state index in [1.54, 1.807) is 0 Å². The highest BCUT2D eigenvalue weighted by molar-refractivity contribution is 6.31. The van der Waals surface area contributed by atoms with Crippen molar-refractivity contribution in [3.8, 4) is 0 Å². The minimum atomic E-state index is 0.118. The number of halogens is 1. The lowest BCUT2D eigenvalue weighted by molar-refractivity contribution is -0.130. The number of carbonyl (C=O) groups excluding carboxylic acids is 2. The lowest BCUT2D eigenvalue weighted by Crippen LogP contribution is -2.49. The molecule has 3 rings (SSSR count). The highest BCUT2D eigenvalue weighted by Gasteiger charge is 2.22. The van der Waals surface area contributed by atoms with E-state index in [2.05, 4.69) is 4.90 Å². The Morgan fingerprint density at radius 3 is 2.36 bits per heavy atom.